The molecular weight excluding hydrogens is 735 g/mol. The van der Waals surface area contributed by atoms with Crippen molar-refractivity contribution in [3.05, 3.63) is 257 Å². The molecule has 0 spiro atoms. The van der Waals surface area contributed by atoms with Crippen molar-refractivity contribution in [1.82, 2.24) is 0 Å². The van der Waals surface area contributed by atoms with Crippen molar-refractivity contribution < 1.29 is 0 Å². The maximum atomic E-state index is 2.46. The maximum absolute atomic E-state index is 2.46. The Morgan fingerprint density at radius 1 is 0.344 bits per heavy atom. The molecule has 0 saturated carbocycles. The fraction of sp³-hybridized carbons (Fsp3) is 0.0667. The summed E-state index contributed by atoms with van der Waals surface area (Å²) in [6.45, 7) is 4.77. The van der Waals surface area contributed by atoms with E-state index in [9.17, 15) is 0 Å². The Labute approximate surface area is 357 Å². The molecule has 0 heterocycles. The molecule has 0 N–H and O–H groups in total. The number of benzene rings is 10. The second-order valence-corrected chi connectivity index (χ2v) is 17.3. The topological polar surface area (TPSA) is 3.24 Å². The quantitative estimate of drug-likeness (QED) is 0.115. The van der Waals surface area contributed by atoms with E-state index in [0.717, 1.165) is 17.1 Å². The zero-order valence-corrected chi connectivity index (χ0v) is 34.3. The van der Waals surface area contributed by atoms with Crippen LogP contribution in [0.15, 0.2) is 212 Å². The summed E-state index contributed by atoms with van der Waals surface area (Å²) in [7, 11) is 0. The lowest BCUT2D eigenvalue weighted by Gasteiger charge is -2.34. The minimum absolute atomic E-state index is 0.187. The van der Waals surface area contributed by atoms with Crippen molar-refractivity contribution >= 4 is 61.5 Å². The van der Waals surface area contributed by atoms with Gasteiger partial charge in [0.25, 0.3) is 0 Å². The Kier molecular flexibility index (Phi) is 7.86. The smallest absolute Gasteiger partial charge is 0.0714 e. The lowest BCUT2D eigenvalue weighted by Crippen LogP contribution is -2.28. The first-order valence-electron chi connectivity index (χ1n) is 21.4. The highest BCUT2D eigenvalue weighted by Crippen LogP contribution is 2.56. The van der Waals surface area contributed by atoms with Gasteiger partial charge in [0.15, 0.2) is 0 Å². The first-order chi connectivity index (χ1) is 30.0. The number of hydrogen-bond acceptors (Lipinski definition) is 1. The van der Waals surface area contributed by atoms with E-state index in [-0.39, 0.29) is 5.41 Å². The average Bonchev–Trinajstić information content (AvgIpc) is 3.74. The van der Waals surface area contributed by atoms with E-state index >= 15 is 0 Å². The summed E-state index contributed by atoms with van der Waals surface area (Å²) in [4.78, 5) is 2.39. The molecule has 10 aromatic rings. The third kappa shape index (κ3) is 5.33. The zero-order valence-electron chi connectivity index (χ0n) is 34.3. The van der Waals surface area contributed by atoms with Gasteiger partial charge in [-0.2, -0.15) is 0 Å². The van der Waals surface area contributed by atoms with Crippen LogP contribution in [-0.4, -0.2) is 0 Å². The van der Waals surface area contributed by atoms with E-state index < -0.39 is 5.41 Å². The molecule has 0 amide bonds. The van der Waals surface area contributed by atoms with Crippen LogP contribution >= 0.6 is 0 Å². The van der Waals surface area contributed by atoms with Crippen molar-refractivity contribution in [2.75, 3.05) is 4.90 Å². The first kappa shape index (κ1) is 35.5. The number of para-hydroxylation sites is 1. The SMILES string of the molecule is CC1(C)c2cc(C=Cc3cc4c5c(ccc6cccc(c65)C4(c4ccccc4)c4ccccc4)c3)ccc2-c2ccc(N(c3ccccc3)c3ccc4ccccc4c3)cc21. The minimum atomic E-state index is -0.430. The van der Waals surface area contributed by atoms with E-state index in [4.69, 9.17) is 0 Å². The van der Waals surface area contributed by atoms with Gasteiger partial charge in [0.2, 0.25) is 0 Å². The second kappa shape index (κ2) is 13.5. The predicted octanol–water partition coefficient (Wildman–Crippen LogP) is 15.8. The van der Waals surface area contributed by atoms with Crippen LogP contribution in [0.5, 0.6) is 0 Å². The molecule has 0 aromatic heterocycles. The van der Waals surface area contributed by atoms with Crippen molar-refractivity contribution in [2.24, 2.45) is 0 Å². The van der Waals surface area contributed by atoms with Crippen LogP contribution in [0.1, 0.15) is 58.4 Å². The van der Waals surface area contributed by atoms with Crippen LogP contribution in [0.2, 0.25) is 0 Å². The van der Waals surface area contributed by atoms with Gasteiger partial charge >= 0.3 is 0 Å². The first-order valence-corrected chi connectivity index (χ1v) is 21.4. The average molecular weight is 778 g/mol. The Bertz CT molecular complexity index is 3340. The molecule has 10 aromatic carbocycles. The Morgan fingerprint density at radius 2 is 0.885 bits per heavy atom. The van der Waals surface area contributed by atoms with Gasteiger partial charge in [-0.25, -0.2) is 0 Å². The highest BCUT2D eigenvalue weighted by molar-refractivity contribution is 6.16. The van der Waals surface area contributed by atoms with E-state index in [1.807, 2.05) is 0 Å². The van der Waals surface area contributed by atoms with E-state index in [1.54, 1.807) is 0 Å². The highest BCUT2D eigenvalue weighted by atomic mass is 15.1. The molecule has 2 aliphatic carbocycles. The third-order valence-electron chi connectivity index (χ3n) is 13.6. The standard InChI is InChI=1S/C60H43N/c1-59(2)54-36-40(27-33-51(54)52-34-32-50(39-55(52)59)61(48-22-10-5-11-23-48)49-31-30-42-15-12-13-16-44(42)38-49)25-26-41-35-45-29-28-43-17-14-24-53-57(43)58(45)56(37-41)60(53,46-18-6-3-7-19-46)47-20-8-4-9-21-47/h3-39H,1-2H3. The van der Waals surface area contributed by atoms with Crippen molar-refractivity contribution in [3.8, 4) is 11.1 Å². The van der Waals surface area contributed by atoms with Crippen LogP contribution in [0.25, 0.3) is 55.6 Å². The molecular formula is C60H43N. The van der Waals surface area contributed by atoms with Crippen molar-refractivity contribution in [1.29, 1.82) is 0 Å². The van der Waals surface area contributed by atoms with Gasteiger partial charge in [0.05, 0.1) is 5.41 Å². The van der Waals surface area contributed by atoms with Crippen molar-refractivity contribution in [3.63, 3.8) is 0 Å². The fourth-order valence-corrected chi connectivity index (χ4v) is 10.8. The normalized spacial score (nSPS) is 14.3. The molecule has 2 aliphatic rings. The molecule has 1 nitrogen and oxygen atoms in total. The molecule has 288 valence electrons. The molecule has 0 radical (unpaired) electrons. The van der Waals surface area contributed by atoms with Gasteiger partial charge in [0, 0.05) is 22.5 Å². The van der Waals surface area contributed by atoms with E-state index in [1.165, 1.54) is 88.0 Å². The lowest BCUT2D eigenvalue weighted by atomic mass is 9.67. The largest absolute Gasteiger partial charge is 0.310 e. The minimum Gasteiger partial charge on any atom is -0.310 e. The van der Waals surface area contributed by atoms with Gasteiger partial charge in [0.1, 0.15) is 0 Å². The molecule has 0 saturated heterocycles. The molecule has 0 unspecified atom stereocenters. The summed E-state index contributed by atoms with van der Waals surface area (Å²) in [6.07, 6.45) is 4.63. The highest BCUT2D eigenvalue weighted by Gasteiger charge is 2.45. The van der Waals surface area contributed by atoms with Gasteiger partial charge in [-0.3, -0.25) is 0 Å². The van der Waals surface area contributed by atoms with E-state index in [2.05, 4.69) is 243 Å². The lowest BCUT2D eigenvalue weighted by molar-refractivity contribution is 0.660. The predicted molar refractivity (Wildman–Crippen MR) is 258 cm³/mol. The van der Waals surface area contributed by atoms with Gasteiger partial charge in [-0.1, -0.05) is 190 Å². The Hall–Kier alpha value is -7.48. The van der Waals surface area contributed by atoms with Crippen LogP contribution in [0, 0.1) is 0 Å². The third-order valence-corrected chi connectivity index (χ3v) is 13.6. The maximum Gasteiger partial charge on any atom is 0.0714 e. The van der Waals surface area contributed by atoms with E-state index in [0.29, 0.717) is 0 Å². The number of hydrogen-bond donors (Lipinski definition) is 0. The summed E-state index contributed by atoms with van der Waals surface area (Å²) in [5.41, 5.74) is 15.9. The summed E-state index contributed by atoms with van der Waals surface area (Å²) in [6, 6.07) is 78.7. The summed E-state index contributed by atoms with van der Waals surface area (Å²) >= 11 is 0. The molecule has 0 atom stereocenters. The number of rotatable bonds is 7. The number of fused-ring (bicyclic) bond motifs is 4. The molecule has 61 heavy (non-hydrogen) atoms. The summed E-state index contributed by atoms with van der Waals surface area (Å²) < 4.78 is 0. The van der Waals surface area contributed by atoms with Crippen LogP contribution in [-0.2, 0) is 10.8 Å². The van der Waals surface area contributed by atoms with Gasteiger partial charge < -0.3 is 4.90 Å². The Balaban J connectivity index is 0.941. The zero-order chi connectivity index (χ0) is 40.7. The van der Waals surface area contributed by atoms with Crippen molar-refractivity contribution in [2.45, 2.75) is 24.7 Å². The van der Waals surface area contributed by atoms with Gasteiger partial charge in [-0.05, 0) is 136 Å². The monoisotopic (exact) mass is 777 g/mol. The summed E-state index contributed by atoms with van der Waals surface area (Å²) in [5, 5.41) is 7.77. The van der Waals surface area contributed by atoms with Gasteiger partial charge in [-0.15, -0.1) is 0 Å². The van der Waals surface area contributed by atoms with Crippen LogP contribution in [0.4, 0.5) is 17.1 Å². The molecule has 0 aliphatic heterocycles. The molecule has 0 fully saturated rings. The number of anilines is 3. The van der Waals surface area contributed by atoms with Crippen LogP contribution in [0.3, 0.4) is 0 Å². The molecule has 1 heteroatoms. The molecule has 0 bridgehead atoms. The fourth-order valence-electron chi connectivity index (χ4n) is 10.8. The number of nitrogens with zero attached hydrogens (tertiary/aromatic N) is 1. The molecule has 12 rings (SSSR count). The second-order valence-electron chi connectivity index (χ2n) is 17.3. The Morgan fingerprint density at radius 3 is 1.64 bits per heavy atom. The summed E-state index contributed by atoms with van der Waals surface area (Å²) in [5.74, 6) is 0. The van der Waals surface area contributed by atoms with Crippen LogP contribution < -0.4 is 4.90 Å².